The SMILES string of the molecule is Fc1ccccc1-c1c(CN2CCN(Cc3ccncc3)CC2)cnn1-c1ccc(-c2ccccc2)cc1. The summed E-state index contributed by atoms with van der Waals surface area (Å²) >= 11 is 0. The molecule has 0 bridgehead atoms. The second-order valence-electron chi connectivity index (χ2n) is 9.73. The van der Waals surface area contributed by atoms with Gasteiger partial charge in [0.05, 0.1) is 17.6 Å². The van der Waals surface area contributed by atoms with Crippen molar-refractivity contribution in [2.75, 3.05) is 26.2 Å². The number of nitrogens with zero attached hydrogens (tertiary/aromatic N) is 5. The number of benzene rings is 3. The van der Waals surface area contributed by atoms with Crippen molar-refractivity contribution < 1.29 is 4.39 Å². The highest BCUT2D eigenvalue weighted by molar-refractivity contribution is 5.68. The molecule has 3 aromatic carbocycles. The third kappa shape index (κ3) is 5.28. The van der Waals surface area contributed by atoms with Crippen molar-refractivity contribution in [2.45, 2.75) is 13.1 Å². The number of halogens is 1. The summed E-state index contributed by atoms with van der Waals surface area (Å²) in [6, 6.07) is 29.7. The quantitative estimate of drug-likeness (QED) is 0.271. The van der Waals surface area contributed by atoms with Gasteiger partial charge in [0.25, 0.3) is 0 Å². The van der Waals surface area contributed by atoms with E-state index in [9.17, 15) is 0 Å². The van der Waals surface area contributed by atoms with Crippen molar-refractivity contribution in [3.8, 4) is 28.1 Å². The zero-order valence-corrected chi connectivity index (χ0v) is 21.2. The summed E-state index contributed by atoms with van der Waals surface area (Å²) in [6.45, 7) is 5.57. The Bertz CT molecular complexity index is 1470. The molecule has 0 amide bonds. The summed E-state index contributed by atoms with van der Waals surface area (Å²) in [7, 11) is 0. The summed E-state index contributed by atoms with van der Waals surface area (Å²) in [5.41, 5.74) is 6.92. The predicted octanol–water partition coefficient (Wildman–Crippen LogP) is 6.06. The lowest BCUT2D eigenvalue weighted by molar-refractivity contribution is 0.122. The first-order valence-electron chi connectivity index (χ1n) is 13.1. The van der Waals surface area contributed by atoms with Gasteiger partial charge in [0.1, 0.15) is 5.82 Å². The van der Waals surface area contributed by atoms with E-state index in [2.05, 4.69) is 63.3 Å². The van der Waals surface area contributed by atoms with Gasteiger partial charge in [-0.1, -0.05) is 54.6 Å². The van der Waals surface area contributed by atoms with E-state index in [-0.39, 0.29) is 5.82 Å². The molecule has 1 aliphatic heterocycles. The maximum atomic E-state index is 15.1. The molecule has 1 aliphatic rings. The summed E-state index contributed by atoms with van der Waals surface area (Å²) < 4.78 is 17.0. The van der Waals surface area contributed by atoms with E-state index in [0.29, 0.717) is 5.56 Å². The molecule has 1 fully saturated rings. The van der Waals surface area contributed by atoms with Crippen molar-refractivity contribution >= 4 is 0 Å². The van der Waals surface area contributed by atoms with E-state index in [4.69, 9.17) is 5.10 Å². The van der Waals surface area contributed by atoms with Gasteiger partial charge in [-0.05, 0) is 53.1 Å². The molecular weight excluding hydrogens is 473 g/mol. The summed E-state index contributed by atoms with van der Waals surface area (Å²) in [6.07, 6.45) is 5.60. The van der Waals surface area contributed by atoms with Gasteiger partial charge < -0.3 is 0 Å². The fraction of sp³-hybridized carbons (Fsp3) is 0.188. The molecule has 0 radical (unpaired) electrons. The molecule has 3 heterocycles. The molecule has 0 saturated carbocycles. The second kappa shape index (κ2) is 11.1. The Morgan fingerprint density at radius 3 is 2.00 bits per heavy atom. The van der Waals surface area contributed by atoms with Crippen molar-refractivity contribution in [3.63, 3.8) is 0 Å². The molecule has 0 spiro atoms. The van der Waals surface area contributed by atoms with Crippen molar-refractivity contribution in [1.82, 2.24) is 24.6 Å². The molecule has 2 aromatic heterocycles. The number of piperazine rings is 1. The minimum atomic E-state index is -0.237. The van der Waals surface area contributed by atoms with Gasteiger partial charge in [-0.2, -0.15) is 5.10 Å². The largest absolute Gasteiger partial charge is 0.297 e. The van der Waals surface area contributed by atoms with E-state index in [1.165, 1.54) is 11.6 Å². The van der Waals surface area contributed by atoms with Gasteiger partial charge in [-0.25, -0.2) is 9.07 Å². The first kappa shape index (κ1) is 24.2. The van der Waals surface area contributed by atoms with E-state index in [0.717, 1.165) is 67.3 Å². The summed E-state index contributed by atoms with van der Waals surface area (Å²) in [5.74, 6) is -0.237. The Morgan fingerprint density at radius 1 is 0.658 bits per heavy atom. The van der Waals surface area contributed by atoms with E-state index in [1.54, 1.807) is 6.07 Å². The van der Waals surface area contributed by atoms with Crippen LogP contribution in [0, 0.1) is 5.82 Å². The highest BCUT2D eigenvalue weighted by Gasteiger charge is 2.22. The fourth-order valence-electron chi connectivity index (χ4n) is 5.15. The number of pyridine rings is 1. The van der Waals surface area contributed by atoms with Crippen LogP contribution in [0.3, 0.4) is 0 Å². The van der Waals surface area contributed by atoms with Gasteiger partial charge in [-0.15, -0.1) is 0 Å². The average molecular weight is 504 g/mol. The first-order chi connectivity index (χ1) is 18.7. The molecule has 0 N–H and O–H groups in total. The Hall–Kier alpha value is -4.13. The van der Waals surface area contributed by atoms with Crippen LogP contribution in [0.1, 0.15) is 11.1 Å². The van der Waals surface area contributed by atoms with E-state index < -0.39 is 0 Å². The van der Waals surface area contributed by atoms with Crippen LogP contribution in [0.5, 0.6) is 0 Å². The number of aromatic nitrogens is 3. The number of rotatable bonds is 7. The van der Waals surface area contributed by atoms with Gasteiger partial charge >= 0.3 is 0 Å². The smallest absolute Gasteiger partial charge is 0.132 e. The Morgan fingerprint density at radius 2 is 1.29 bits per heavy atom. The van der Waals surface area contributed by atoms with Crippen LogP contribution in [0.25, 0.3) is 28.1 Å². The van der Waals surface area contributed by atoms with Crippen molar-refractivity contribution in [2.24, 2.45) is 0 Å². The van der Waals surface area contributed by atoms with Crippen LogP contribution in [-0.4, -0.2) is 50.7 Å². The lowest BCUT2D eigenvalue weighted by Crippen LogP contribution is -2.45. The minimum Gasteiger partial charge on any atom is -0.297 e. The van der Waals surface area contributed by atoms with Crippen LogP contribution >= 0.6 is 0 Å². The van der Waals surface area contributed by atoms with Crippen LogP contribution in [0.4, 0.5) is 4.39 Å². The normalized spacial score (nSPS) is 14.6. The molecule has 38 heavy (non-hydrogen) atoms. The molecule has 0 atom stereocenters. The maximum Gasteiger partial charge on any atom is 0.132 e. The monoisotopic (exact) mass is 503 g/mol. The lowest BCUT2D eigenvalue weighted by atomic mass is 10.0. The van der Waals surface area contributed by atoms with E-state index >= 15 is 4.39 Å². The molecule has 6 rings (SSSR count). The highest BCUT2D eigenvalue weighted by atomic mass is 19.1. The molecule has 0 unspecified atom stereocenters. The Labute approximate surface area is 222 Å². The third-order valence-corrected chi connectivity index (χ3v) is 7.21. The van der Waals surface area contributed by atoms with Crippen molar-refractivity contribution in [1.29, 1.82) is 0 Å². The zero-order valence-electron chi connectivity index (χ0n) is 21.2. The van der Waals surface area contributed by atoms with Crippen molar-refractivity contribution in [3.05, 3.63) is 127 Å². The third-order valence-electron chi connectivity index (χ3n) is 7.21. The lowest BCUT2D eigenvalue weighted by Gasteiger charge is -2.34. The highest BCUT2D eigenvalue weighted by Crippen LogP contribution is 2.31. The maximum absolute atomic E-state index is 15.1. The Kier molecular flexibility index (Phi) is 7.07. The summed E-state index contributed by atoms with van der Waals surface area (Å²) in [4.78, 5) is 9.03. The standard InChI is InChI=1S/C32H30FN5/c33-31-9-5-4-8-30(31)32-28(24-37-20-18-36(19-21-37)23-25-14-16-34-17-15-25)22-35-38(32)29-12-10-27(11-13-29)26-6-2-1-3-7-26/h1-17,22H,18-21,23-24H2. The summed E-state index contributed by atoms with van der Waals surface area (Å²) in [5, 5.41) is 4.75. The predicted molar refractivity (Wildman–Crippen MR) is 149 cm³/mol. The molecule has 5 nitrogen and oxygen atoms in total. The van der Waals surface area contributed by atoms with Crippen LogP contribution in [-0.2, 0) is 13.1 Å². The fourth-order valence-corrected chi connectivity index (χ4v) is 5.15. The molecular formula is C32H30FN5. The van der Waals surface area contributed by atoms with E-state index in [1.807, 2.05) is 53.6 Å². The van der Waals surface area contributed by atoms with Crippen LogP contribution in [0.15, 0.2) is 110 Å². The topological polar surface area (TPSA) is 37.2 Å². The molecule has 190 valence electrons. The molecule has 1 saturated heterocycles. The number of hydrogen-bond acceptors (Lipinski definition) is 4. The second-order valence-corrected chi connectivity index (χ2v) is 9.73. The minimum absolute atomic E-state index is 0.237. The molecule has 5 aromatic rings. The van der Waals surface area contributed by atoms with Crippen LogP contribution in [0.2, 0.25) is 0 Å². The average Bonchev–Trinajstić information content (AvgIpc) is 3.38. The first-order valence-corrected chi connectivity index (χ1v) is 13.1. The molecule has 0 aliphatic carbocycles. The van der Waals surface area contributed by atoms with Gasteiger partial charge in [0.2, 0.25) is 0 Å². The molecule has 6 heteroatoms. The van der Waals surface area contributed by atoms with Gasteiger partial charge in [0, 0.05) is 62.8 Å². The van der Waals surface area contributed by atoms with Gasteiger partial charge in [-0.3, -0.25) is 14.8 Å². The zero-order chi connectivity index (χ0) is 25.7. The van der Waals surface area contributed by atoms with Crippen LogP contribution < -0.4 is 0 Å². The van der Waals surface area contributed by atoms with Gasteiger partial charge in [0.15, 0.2) is 0 Å². The number of hydrogen-bond donors (Lipinski definition) is 0. The Balaban J connectivity index is 1.24.